The van der Waals surface area contributed by atoms with Gasteiger partial charge in [-0.15, -0.1) is 0 Å². The number of para-hydroxylation sites is 2. The Balaban J connectivity index is 0.980. The van der Waals surface area contributed by atoms with Crippen LogP contribution in [-0.2, 0) is 5.41 Å². The molecule has 6 heteroatoms. The molecule has 3 fully saturated rings. The molecule has 5 aromatic rings. The zero-order chi connectivity index (χ0) is 29.0. The summed E-state index contributed by atoms with van der Waals surface area (Å²) in [5.74, 6) is 1.31. The van der Waals surface area contributed by atoms with Crippen molar-refractivity contribution in [3.05, 3.63) is 102 Å². The first kappa shape index (κ1) is 26.7. The molecule has 1 N–H and O–H groups in total. The summed E-state index contributed by atoms with van der Waals surface area (Å²) in [5, 5.41) is 1.09. The highest BCUT2D eigenvalue weighted by molar-refractivity contribution is 5.98. The van der Waals surface area contributed by atoms with Crippen molar-refractivity contribution in [2.75, 3.05) is 19.6 Å². The molecule has 3 saturated heterocycles. The van der Waals surface area contributed by atoms with Gasteiger partial charge in [-0.05, 0) is 106 Å². The minimum absolute atomic E-state index is 0.107. The minimum atomic E-state index is 0.107. The molecule has 2 aromatic heterocycles. The molecule has 8 rings (SSSR count). The van der Waals surface area contributed by atoms with E-state index < -0.39 is 0 Å². The molecule has 0 spiro atoms. The number of imidazole rings is 1. The lowest BCUT2D eigenvalue weighted by Crippen LogP contribution is -2.49. The van der Waals surface area contributed by atoms with E-state index in [4.69, 9.17) is 4.98 Å². The molecule has 6 nitrogen and oxygen atoms in total. The first-order valence-corrected chi connectivity index (χ1v) is 16.2. The van der Waals surface area contributed by atoms with E-state index in [1.54, 1.807) is 0 Å². The summed E-state index contributed by atoms with van der Waals surface area (Å²) in [7, 11) is 0. The zero-order valence-electron chi connectivity index (χ0n) is 25.1. The van der Waals surface area contributed by atoms with Gasteiger partial charge in [0.1, 0.15) is 5.82 Å². The summed E-state index contributed by atoms with van der Waals surface area (Å²) in [6, 6.07) is 29.6. The van der Waals surface area contributed by atoms with Crippen LogP contribution in [0.2, 0.25) is 0 Å². The average molecular weight is 572 g/mol. The third-order valence-corrected chi connectivity index (χ3v) is 11.0. The largest absolute Gasteiger partial charge is 0.361 e. The Labute approximate surface area is 253 Å². The van der Waals surface area contributed by atoms with Crippen molar-refractivity contribution in [1.29, 1.82) is 0 Å². The van der Waals surface area contributed by atoms with Crippen LogP contribution in [0.5, 0.6) is 0 Å². The second kappa shape index (κ2) is 10.7. The van der Waals surface area contributed by atoms with Gasteiger partial charge in [-0.3, -0.25) is 9.69 Å². The van der Waals surface area contributed by atoms with Crippen molar-refractivity contribution in [2.45, 2.75) is 75.4 Å². The third-order valence-electron chi connectivity index (χ3n) is 11.0. The molecule has 43 heavy (non-hydrogen) atoms. The Morgan fingerprint density at radius 2 is 1.65 bits per heavy atom. The van der Waals surface area contributed by atoms with E-state index in [0.717, 1.165) is 66.7 Å². The highest BCUT2D eigenvalue weighted by Gasteiger charge is 2.44. The molecule has 3 aliphatic rings. The van der Waals surface area contributed by atoms with E-state index >= 15 is 0 Å². The minimum Gasteiger partial charge on any atom is -0.361 e. The molecule has 3 aliphatic heterocycles. The number of nitrogens with one attached hydrogen (secondary N) is 1. The summed E-state index contributed by atoms with van der Waals surface area (Å²) in [6.07, 6.45) is 10.1. The fourth-order valence-corrected chi connectivity index (χ4v) is 8.77. The molecular formula is C37H41N5O. The molecule has 5 heterocycles. The van der Waals surface area contributed by atoms with Crippen LogP contribution in [-0.4, -0.2) is 62.0 Å². The van der Waals surface area contributed by atoms with Crippen molar-refractivity contribution in [3.63, 3.8) is 0 Å². The molecule has 2 bridgehead atoms. The number of aromatic amines is 1. The smallest absolute Gasteiger partial charge is 0.253 e. The number of hydrogen-bond acceptors (Lipinski definition) is 3. The number of carbonyl (C=O) groups is 1. The second-order valence-electron chi connectivity index (χ2n) is 13.2. The maximum Gasteiger partial charge on any atom is 0.253 e. The van der Waals surface area contributed by atoms with Crippen LogP contribution in [0, 0.1) is 6.92 Å². The lowest BCUT2D eigenvalue weighted by atomic mass is 9.70. The Morgan fingerprint density at radius 1 is 0.907 bits per heavy atom. The predicted molar refractivity (Wildman–Crippen MR) is 172 cm³/mol. The normalized spacial score (nSPS) is 23.7. The molecule has 3 aromatic carbocycles. The number of rotatable bonds is 6. The first-order chi connectivity index (χ1) is 21.1. The zero-order valence-corrected chi connectivity index (χ0v) is 25.1. The summed E-state index contributed by atoms with van der Waals surface area (Å²) in [6.45, 7) is 4.92. The van der Waals surface area contributed by atoms with Crippen LogP contribution < -0.4 is 0 Å². The number of aromatic nitrogens is 3. The van der Waals surface area contributed by atoms with E-state index in [2.05, 4.69) is 80.9 Å². The van der Waals surface area contributed by atoms with E-state index in [1.807, 2.05) is 30.5 Å². The number of amides is 1. The van der Waals surface area contributed by atoms with Crippen LogP contribution in [0.1, 0.15) is 72.7 Å². The van der Waals surface area contributed by atoms with Crippen LogP contribution in [0.15, 0.2) is 85.1 Å². The summed E-state index contributed by atoms with van der Waals surface area (Å²) < 4.78 is 2.53. The molecule has 220 valence electrons. The quantitative estimate of drug-likeness (QED) is 0.233. The van der Waals surface area contributed by atoms with Crippen LogP contribution >= 0.6 is 0 Å². The number of carbonyl (C=O) groups excluding carboxylic acids is 1. The number of fused-ring (bicyclic) bond motifs is 4. The van der Waals surface area contributed by atoms with E-state index in [0.29, 0.717) is 18.1 Å². The van der Waals surface area contributed by atoms with Gasteiger partial charge in [0.05, 0.1) is 11.0 Å². The predicted octanol–water partition coefficient (Wildman–Crippen LogP) is 7.26. The van der Waals surface area contributed by atoms with E-state index in [9.17, 15) is 4.79 Å². The first-order valence-electron chi connectivity index (χ1n) is 16.2. The summed E-state index contributed by atoms with van der Waals surface area (Å²) >= 11 is 0. The lowest BCUT2D eigenvalue weighted by Gasteiger charge is -2.45. The number of H-pyrrole nitrogens is 1. The number of benzene rings is 3. The van der Waals surface area contributed by atoms with Gasteiger partial charge in [0, 0.05) is 53.9 Å². The highest BCUT2D eigenvalue weighted by atomic mass is 16.2. The van der Waals surface area contributed by atoms with Gasteiger partial charge < -0.3 is 14.5 Å². The molecule has 0 saturated carbocycles. The van der Waals surface area contributed by atoms with Gasteiger partial charge >= 0.3 is 0 Å². The van der Waals surface area contributed by atoms with Crippen LogP contribution in [0.3, 0.4) is 0 Å². The molecule has 0 aliphatic carbocycles. The van der Waals surface area contributed by atoms with Crippen molar-refractivity contribution >= 4 is 27.8 Å². The number of hydrogen-bond donors (Lipinski definition) is 1. The highest BCUT2D eigenvalue weighted by Crippen LogP contribution is 2.45. The van der Waals surface area contributed by atoms with Gasteiger partial charge in [-0.1, -0.05) is 42.5 Å². The summed E-state index contributed by atoms with van der Waals surface area (Å²) in [4.78, 5) is 26.6. The second-order valence-corrected chi connectivity index (χ2v) is 13.2. The van der Waals surface area contributed by atoms with Crippen molar-refractivity contribution in [1.82, 2.24) is 24.3 Å². The Kier molecular flexibility index (Phi) is 6.63. The topological polar surface area (TPSA) is 57.2 Å². The Morgan fingerprint density at radius 3 is 2.44 bits per heavy atom. The number of piperidine rings is 2. The van der Waals surface area contributed by atoms with Crippen molar-refractivity contribution in [2.24, 2.45) is 0 Å². The number of nitrogens with zero attached hydrogens (tertiary/aromatic N) is 4. The van der Waals surface area contributed by atoms with Crippen LogP contribution in [0.25, 0.3) is 21.9 Å². The van der Waals surface area contributed by atoms with Crippen molar-refractivity contribution in [3.8, 4) is 0 Å². The van der Waals surface area contributed by atoms with Gasteiger partial charge in [-0.25, -0.2) is 4.98 Å². The van der Waals surface area contributed by atoms with Gasteiger partial charge in [-0.2, -0.15) is 0 Å². The fraction of sp³-hybridized carbons (Fsp3) is 0.405. The average Bonchev–Trinajstić information content (AvgIpc) is 3.72. The number of aryl methyl sites for hydroxylation is 1. The molecular weight excluding hydrogens is 530 g/mol. The van der Waals surface area contributed by atoms with Gasteiger partial charge in [0.15, 0.2) is 0 Å². The molecule has 3 atom stereocenters. The Bertz CT molecular complexity index is 1750. The van der Waals surface area contributed by atoms with Crippen molar-refractivity contribution < 1.29 is 4.79 Å². The van der Waals surface area contributed by atoms with Crippen LogP contribution in [0.4, 0.5) is 0 Å². The third kappa shape index (κ3) is 4.67. The fourth-order valence-electron chi connectivity index (χ4n) is 8.77. The van der Waals surface area contributed by atoms with Gasteiger partial charge in [0.25, 0.3) is 5.91 Å². The molecule has 1 amide bonds. The lowest BCUT2D eigenvalue weighted by molar-refractivity contribution is 0.0607. The number of likely N-dealkylation sites (tertiary alicyclic amines) is 1. The Hall–Kier alpha value is -3.90. The molecule has 0 unspecified atom stereocenters. The van der Waals surface area contributed by atoms with Gasteiger partial charge in [0.2, 0.25) is 0 Å². The van der Waals surface area contributed by atoms with E-state index in [-0.39, 0.29) is 11.3 Å². The molecule has 0 radical (unpaired) electrons. The maximum absolute atomic E-state index is 13.5. The standard InChI is InChI=1S/C37H41N5O/c1-26-39-34-9-5-6-10-35(34)42(26)32-24-30-12-13-31(25-32)41(30)22-18-37(29-7-3-2-4-8-29)16-20-40(21-17-37)36(43)28-11-14-33-27(23-28)15-19-38-33/h2-11,14-15,19,23,30-32,38H,12-13,16-18,20-22,24-25H2,1H3/t30-,31+,32+. The SMILES string of the molecule is Cc1nc2ccccc2n1[C@H]1C[C@H]2CC[C@@H](C1)N2CCC1(c2ccccc2)CCN(C(=O)c2ccc3[nH]ccc3c2)CC1. The van der Waals surface area contributed by atoms with E-state index in [1.165, 1.54) is 36.8 Å². The monoisotopic (exact) mass is 571 g/mol. The summed E-state index contributed by atoms with van der Waals surface area (Å²) in [5.41, 5.74) is 5.82. The maximum atomic E-state index is 13.5.